The molecule has 0 unspecified atom stereocenters. The average molecular weight is 303 g/mol. The van der Waals surface area contributed by atoms with Crippen LogP contribution in [0.1, 0.15) is 10.4 Å². The van der Waals surface area contributed by atoms with E-state index in [0.29, 0.717) is 5.56 Å². The Labute approximate surface area is 135 Å². The van der Waals surface area contributed by atoms with Crippen molar-refractivity contribution in [3.05, 3.63) is 78.6 Å². The first-order valence-electron chi connectivity index (χ1n) is 7.36. The number of nitrogens with one attached hydrogen (secondary N) is 2. The molecule has 4 nitrogen and oxygen atoms in total. The van der Waals surface area contributed by atoms with Crippen LogP contribution in [-0.2, 0) is 0 Å². The van der Waals surface area contributed by atoms with E-state index < -0.39 is 0 Å². The Balaban J connectivity index is 1.86. The molecule has 0 saturated heterocycles. The lowest BCUT2D eigenvalue weighted by Crippen LogP contribution is -2.13. The third-order valence-electron chi connectivity index (χ3n) is 3.55. The Kier molecular flexibility index (Phi) is 4.34. The van der Waals surface area contributed by atoms with Crippen LogP contribution < -0.4 is 10.6 Å². The van der Waals surface area contributed by atoms with Crippen LogP contribution in [0, 0.1) is 0 Å². The number of hydrogen-bond acceptors (Lipinski definition) is 3. The van der Waals surface area contributed by atoms with Gasteiger partial charge in [0.2, 0.25) is 0 Å². The van der Waals surface area contributed by atoms with Crippen molar-refractivity contribution in [1.82, 2.24) is 4.98 Å². The van der Waals surface area contributed by atoms with Crippen LogP contribution in [0.3, 0.4) is 0 Å². The summed E-state index contributed by atoms with van der Waals surface area (Å²) < 4.78 is 0. The van der Waals surface area contributed by atoms with Crippen molar-refractivity contribution in [3.8, 4) is 11.1 Å². The van der Waals surface area contributed by atoms with E-state index in [4.69, 9.17) is 0 Å². The Morgan fingerprint density at radius 2 is 1.57 bits per heavy atom. The SMILES string of the molecule is CNc1ccccc1NC(=O)c1cncc(-c2ccccc2)c1. The number of carbonyl (C=O) groups is 1. The van der Waals surface area contributed by atoms with Gasteiger partial charge in [-0.15, -0.1) is 0 Å². The molecule has 1 aromatic heterocycles. The van der Waals surface area contributed by atoms with Gasteiger partial charge in [-0.2, -0.15) is 0 Å². The molecule has 114 valence electrons. The predicted octanol–water partition coefficient (Wildman–Crippen LogP) is 4.04. The fourth-order valence-electron chi connectivity index (χ4n) is 2.36. The first-order valence-corrected chi connectivity index (χ1v) is 7.36. The summed E-state index contributed by atoms with van der Waals surface area (Å²) in [5.74, 6) is -0.182. The highest BCUT2D eigenvalue weighted by Crippen LogP contribution is 2.22. The second kappa shape index (κ2) is 6.75. The van der Waals surface area contributed by atoms with Gasteiger partial charge in [-0.3, -0.25) is 9.78 Å². The maximum absolute atomic E-state index is 12.5. The molecule has 0 aliphatic carbocycles. The number of benzene rings is 2. The van der Waals surface area contributed by atoms with Crippen molar-refractivity contribution in [2.45, 2.75) is 0 Å². The van der Waals surface area contributed by atoms with Crippen molar-refractivity contribution in [2.24, 2.45) is 0 Å². The summed E-state index contributed by atoms with van der Waals surface area (Å²) in [5.41, 5.74) is 4.08. The van der Waals surface area contributed by atoms with E-state index in [1.807, 2.05) is 67.7 Å². The van der Waals surface area contributed by atoms with Crippen molar-refractivity contribution in [2.75, 3.05) is 17.7 Å². The van der Waals surface area contributed by atoms with Gasteiger partial charge in [0, 0.05) is 25.0 Å². The van der Waals surface area contributed by atoms with Crippen LogP contribution in [0.4, 0.5) is 11.4 Å². The van der Waals surface area contributed by atoms with E-state index in [1.54, 1.807) is 12.4 Å². The maximum Gasteiger partial charge on any atom is 0.257 e. The Morgan fingerprint density at radius 1 is 0.870 bits per heavy atom. The van der Waals surface area contributed by atoms with E-state index in [1.165, 1.54) is 0 Å². The summed E-state index contributed by atoms with van der Waals surface area (Å²) in [6.07, 6.45) is 3.33. The molecule has 0 radical (unpaired) electrons. The molecular formula is C19H17N3O. The number of aromatic nitrogens is 1. The Bertz CT molecular complexity index is 816. The minimum absolute atomic E-state index is 0.182. The highest BCUT2D eigenvalue weighted by molar-refractivity contribution is 6.06. The first kappa shape index (κ1) is 14.8. The lowest BCUT2D eigenvalue weighted by molar-refractivity contribution is 0.102. The minimum Gasteiger partial charge on any atom is -0.386 e. The zero-order valence-corrected chi connectivity index (χ0v) is 12.8. The molecule has 3 rings (SSSR count). The zero-order valence-electron chi connectivity index (χ0n) is 12.8. The number of anilines is 2. The first-order chi connectivity index (χ1) is 11.3. The molecule has 0 fully saturated rings. The zero-order chi connectivity index (χ0) is 16.1. The molecule has 1 heterocycles. The third kappa shape index (κ3) is 3.37. The third-order valence-corrected chi connectivity index (χ3v) is 3.55. The Hall–Kier alpha value is -3.14. The number of rotatable bonds is 4. The van der Waals surface area contributed by atoms with Crippen molar-refractivity contribution in [3.63, 3.8) is 0 Å². The van der Waals surface area contributed by atoms with Gasteiger partial charge >= 0.3 is 0 Å². The minimum atomic E-state index is -0.182. The number of pyridine rings is 1. The topological polar surface area (TPSA) is 54.0 Å². The molecule has 2 aromatic carbocycles. The normalized spacial score (nSPS) is 10.1. The summed E-state index contributed by atoms with van der Waals surface area (Å²) in [5, 5.41) is 5.97. The van der Waals surface area contributed by atoms with E-state index >= 15 is 0 Å². The number of nitrogens with zero attached hydrogens (tertiary/aromatic N) is 1. The molecule has 0 atom stereocenters. The van der Waals surface area contributed by atoms with Crippen molar-refractivity contribution in [1.29, 1.82) is 0 Å². The molecule has 0 spiro atoms. The molecule has 0 aliphatic heterocycles. The summed E-state index contributed by atoms with van der Waals surface area (Å²) in [6.45, 7) is 0. The Morgan fingerprint density at radius 3 is 2.30 bits per heavy atom. The largest absolute Gasteiger partial charge is 0.386 e. The predicted molar refractivity (Wildman–Crippen MR) is 93.6 cm³/mol. The number of amides is 1. The average Bonchev–Trinajstić information content (AvgIpc) is 2.63. The van der Waals surface area contributed by atoms with Crippen LogP contribution in [0.5, 0.6) is 0 Å². The highest BCUT2D eigenvalue weighted by Gasteiger charge is 2.10. The van der Waals surface area contributed by atoms with E-state index in [2.05, 4.69) is 15.6 Å². The van der Waals surface area contributed by atoms with Crippen molar-refractivity contribution < 1.29 is 4.79 Å². The lowest BCUT2D eigenvalue weighted by atomic mass is 10.1. The fourth-order valence-corrected chi connectivity index (χ4v) is 2.36. The summed E-state index contributed by atoms with van der Waals surface area (Å²) in [4.78, 5) is 16.7. The monoisotopic (exact) mass is 303 g/mol. The van der Waals surface area contributed by atoms with Crippen LogP contribution >= 0.6 is 0 Å². The van der Waals surface area contributed by atoms with Gasteiger partial charge in [-0.1, -0.05) is 42.5 Å². The van der Waals surface area contributed by atoms with E-state index in [9.17, 15) is 4.79 Å². The van der Waals surface area contributed by atoms with Gasteiger partial charge in [0.15, 0.2) is 0 Å². The molecule has 3 aromatic rings. The van der Waals surface area contributed by atoms with Gasteiger partial charge in [0.05, 0.1) is 16.9 Å². The smallest absolute Gasteiger partial charge is 0.257 e. The quantitative estimate of drug-likeness (QED) is 0.764. The standard InChI is InChI=1S/C19H17N3O/c1-20-17-9-5-6-10-18(17)22-19(23)16-11-15(12-21-13-16)14-7-3-2-4-8-14/h2-13,20H,1H3,(H,22,23). The second-order valence-corrected chi connectivity index (χ2v) is 5.08. The number of para-hydroxylation sites is 2. The number of hydrogen-bond donors (Lipinski definition) is 2. The van der Waals surface area contributed by atoms with Gasteiger partial charge < -0.3 is 10.6 Å². The van der Waals surface area contributed by atoms with Gasteiger partial charge in [-0.25, -0.2) is 0 Å². The number of carbonyl (C=O) groups excluding carboxylic acids is 1. The summed E-state index contributed by atoms with van der Waals surface area (Å²) in [6, 6.07) is 19.3. The molecule has 2 N–H and O–H groups in total. The molecule has 23 heavy (non-hydrogen) atoms. The van der Waals surface area contributed by atoms with Gasteiger partial charge in [-0.05, 0) is 23.8 Å². The van der Waals surface area contributed by atoms with Gasteiger partial charge in [0.1, 0.15) is 0 Å². The maximum atomic E-state index is 12.5. The summed E-state index contributed by atoms with van der Waals surface area (Å²) in [7, 11) is 1.82. The van der Waals surface area contributed by atoms with Crippen molar-refractivity contribution >= 4 is 17.3 Å². The second-order valence-electron chi connectivity index (χ2n) is 5.08. The van der Waals surface area contributed by atoms with E-state index in [-0.39, 0.29) is 5.91 Å². The highest BCUT2D eigenvalue weighted by atomic mass is 16.1. The molecular weight excluding hydrogens is 286 g/mol. The lowest BCUT2D eigenvalue weighted by Gasteiger charge is -2.11. The van der Waals surface area contributed by atoms with Crippen LogP contribution in [0.2, 0.25) is 0 Å². The summed E-state index contributed by atoms with van der Waals surface area (Å²) >= 11 is 0. The van der Waals surface area contributed by atoms with E-state index in [0.717, 1.165) is 22.5 Å². The molecule has 1 amide bonds. The molecule has 0 aliphatic rings. The van der Waals surface area contributed by atoms with Crippen LogP contribution in [-0.4, -0.2) is 17.9 Å². The van der Waals surface area contributed by atoms with Gasteiger partial charge in [0.25, 0.3) is 5.91 Å². The van der Waals surface area contributed by atoms with Crippen LogP contribution in [0.25, 0.3) is 11.1 Å². The van der Waals surface area contributed by atoms with Crippen LogP contribution in [0.15, 0.2) is 73.1 Å². The molecule has 0 bridgehead atoms. The molecule has 4 heteroatoms. The molecule has 0 saturated carbocycles. The fraction of sp³-hybridized carbons (Fsp3) is 0.0526.